The lowest BCUT2D eigenvalue weighted by Crippen LogP contribution is -2.45. The van der Waals surface area contributed by atoms with Crippen LogP contribution >= 0.6 is 23.8 Å². The van der Waals surface area contributed by atoms with Gasteiger partial charge in [-0.1, -0.05) is 35.9 Å². The van der Waals surface area contributed by atoms with Gasteiger partial charge < -0.3 is 20.7 Å². The van der Waals surface area contributed by atoms with Gasteiger partial charge in [-0.15, -0.1) is 0 Å². The first-order valence-electron chi connectivity index (χ1n) is 8.56. The number of amides is 1. The summed E-state index contributed by atoms with van der Waals surface area (Å²) in [5.41, 5.74) is 2.76. The number of para-hydroxylation sites is 2. The van der Waals surface area contributed by atoms with E-state index in [0.717, 1.165) is 5.56 Å². The van der Waals surface area contributed by atoms with E-state index in [1.807, 2.05) is 50.2 Å². The molecule has 0 radical (unpaired) electrons. The number of carbonyl (C=O) groups excluding carboxylic acids is 1. The van der Waals surface area contributed by atoms with Crippen molar-refractivity contribution in [3.8, 4) is 5.75 Å². The number of rotatable bonds is 5. The van der Waals surface area contributed by atoms with Gasteiger partial charge >= 0.3 is 0 Å². The first kappa shape index (κ1) is 19.2. The average Bonchev–Trinajstić information content (AvgIpc) is 2.63. The predicted octanol–water partition coefficient (Wildman–Crippen LogP) is 4.17. The van der Waals surface area contributed by atoms with Gasteiger partial charge in [0.25, 0.3) is 5.91 Å². The van der Waals surface area contributed by atoms with E-state index in [2.05, 4.69) is 16.0 Å². The molecule has 0 aromatic heterocycles. The van der Waals surface area contributed by atoms with Crippen molar-refractivity contribution in [3.05, 3.63) is 70.4 Å². The lowest BCUT2D eigenvalue weighted by atomic mass is 9.95. The Balaban J connectivity index is 1.93. The van der Waals surface area contributed by atoms with Crippen LogP contribution in [0.5, 0.6) is 5.75 Å². The lowest BCUT2D eigenvalue weighted by Gasteiger charge is -2.30. The summed E-state index contributed by atoms with van der Waals surface area (Å²) in [5, 5.41) is 10.2. The maximum Gasteiger partial charge on any atom is 0.255 e. The highest BCUT2D eigenvalue weighted by Gasteiger charge is 2.30. The van der Waals surface area contributed by atoms with Crippen molar-refractivity contribution in [2.75, 3.05) is 11.9 Å². The molecule has 0 saturated carbocycles. The third-order valence-electron chi connectivity index (χ3n) is 4.15. The van der Waals surface area contributed by atoms with Crippen LogP contribution in [0.1, 0.15) is 25.5 Å². The molecule has 27 heavy (non-hydrogen) atoms. The second-order valence-corrected chi connectivity index (χ2v) is 6.85. The molecule has 1 aliphatic heterocycles. The van der Waals surface area contributed by atoms with E-state index in [1.165, 1.54) is 0 Å². The zero-order valence-electron chi connectivity index (χ0n) is 15.0. The van der Waals surface area contributed by atoms with Gasteiger partial charge in [-0.3, -0.25) is 4.79 Å². The van der Waals surface area contributed by atoms with Gasteiger partial charge in [-0.05, 0) is 55.9 Å². The van der Waals surface area contributed by atoms with Crippen LogP contribution in [-0.4, -0.2) is 17.6 Å². The first-order valence-corrected chi connectivity index (χ1v) is 9.35. The highest BCUT2D eigenvalue weighted by molar-refractivity contribution is 7.80. The summed E-state index contributed by atoms with van der Waals surface area (Å²) < 4.78 is 5.60. The Hall–Kier alpha value is -2.57. The second kappa shape index (κ2) is 8.41. The van der Waals surface area contributed by atoms with Crippen molar-refractivity contribution in [1.29, 1.82) is 0 Å². The van der Waals surface area contributed by atoms with Gasteiger partial charge in [-0.25, -0.2) is 0 Å². The predicted molar refractivity (Wildman–Crippen MR) is 112 cm³/mol. The van der Waals surface area contributed by atoms with E-state index >= 15 is 0 Å². The zero-order chi connectivity index (χ0) is 19.4. The lowest BCUT2D eigenvalue weighted by molar-refractivity contribution is -0.113. The van der Waals surface area contributed by atoms with Crippen molar-refractivity contribution in [1.82, 2.24) is 10.6 Å². The van der Waals surface area contributed by atoms with Crippen molar-refractivity contribution >= 4 is 40.5 Å². The number of hydrogen-bond donors (Lipinski definition) is 3. The molecule has 2 aromatic carbocycles. The summed E-state index contributed by atoms with van der Waals surface area (Å²) >= 11 is 11.3. The standard InChI is InChI=1S/C20H20ClN3O2S/c1-3-26-16-7-5-4-6-15(16)23-19(25)17-12(2)22-20(27)24-18(17)13-8-10-14(21)11-9-13/h4-11,18H,3H2,1-2H3,(H,23,25)(H2,22,24,27)/t18-/m0/s1. The molecular weight excluding hydrogens is 382 g/mol. The van der Waals surface area contributed by atoms with Gasteiger partial charge in [0.15, 0.2) is 5.11 Å². The Bertz CT molecular complexity index is 896. The highest BCUT2D eigenvalue weighted by atomic mass is 35.5. The van der Waals surface area contributed by atoms with E-state index in [0.29, 0.717) is 39.4 Å². The number of hydrogen-bond acceptors (Lipinski definition) is 3. The summed E-state index contributed by atoms with van der Waals surface area (Å²) in [6.45, 7) is 4.25. The fraction of sp³-hybridized carbons (Fsp3) is 0.200. The number of anilines is 1. The summed E-state index contributed by atoms with van der Waals surface area (Å²) in [7, 11) is 0. The first-order chi connectivity index (χ1) is 13.0. The Morgan fingerprint density at radius 3 is 2.63 bits per heavy atom. The molecule has 1 atom stereocenters. The minimum absolute atomic E-state index is 0.234. The third kappa shape index (κ3) is 4.40. The number of nitrogens with one attached hydrogen (secondary N) is 3. The quantitative estimate of drug-likeness (QED) is 0.656. The van der Waals surface area contributed by atoms with Gasteiger partial charge in [0.05, 0.1) is 23.9 Å². The van der Waals surface area contributed by atoms with E-state index in [4.69, 9.17) is 28.6 Å². The number of thiocarbonyl (C=S) groups is 1. The molecule has 1 aliphatic rings. The Morgan fingerprint density at radius 2 is 1.93 bits per heavy atom. The van der Waals surface area contributed by atoms with Gasteiger partial charge in [0.2, 0.25) is 0 Å². The molecule has 3 rings (SSSR count). The monoisotopic (exact) mass is 401 g/mol. The minimum Gasteiger partial charge on any atom is -0.492 e. The molecule has 1 heterocycles. The molecule has 0 bridgehead atoms. The maximum absolute atomic E-state index is 13.1. The fourth-order valence-electron chi connectivity index (χ4n) is 2.94. The Morgan fingerprint density at radius 1 is 1.22 bits per heavy atom. The van der Waals surface area contributed by atoms with Crippen LogP contribution in [0.15, 0.2) is 59.8 Å². The summed E-state index contributed by atoms with van der Waals surface area (Å²) in [6, 6.07) is 14.3. The fourth-order valence-corrected chi connectivity index (χ4v) is 3.34. The molecule has 140 valence electrons. The number of carbonyl (C=O) groups is 1. The molecule has 3 N–H and O–H groups in total. The molecular formula is C20H20ClN3O2S. The van der Waals surface area contributed by atoms with Crippen molar-refractivity contribution in [2.24, 2.45) is 0 Å². The van der Waals surface area contributed by atoms with Crippen LogP contribution in [-0.2, 0) is 4.79 Å². The van der Waals surface area contributed by atoms with Gasteiger partial charge in [-0.2, -0.15) is 0 Å². The third-order valence-corrected chi connectivity index (χ3v) is 4.62. The molecule has 0 spiro atoms. The highest BCUT2D eigenvalue weighted by Crippen LogP contribution is 2.30. The molecule has 0 aliphatic carbocycles. The second-order valence-electron chi connectivity index (χ2n) is 6.00. The van der Waals surface area contributed by atoms with E-state index < -0.39 is 0 Å². The number of benzene rings is 2. The number of halogens is 1. The van der Waals surface area contributed by atoms with Crippen LogP contribution in [0.3, 0.4) is 0 Å². The summed E-state index contributed by atoms with van der Waals surface area (Å²) in [5.74, 6) is 0.393. The SMILES string of the molecule is CCOc1ccccc1NC(=O)C1=C(C)NC(=S)N[C@H]1c1ccc(Cl)cc1. The zero-order valence-corrected chi connectivity index (χ0v) is 16.6. The molecule has 0 saturated heterocycles. The van der Waals surface area contributed by atoms with Crippen LogP contribution in [0.25, 0.3) is 0 Å². The van der Waals surface area contributed by atoms with Crippen LogP contribution in [0.4, 0.5) is 5.69 Å². The Kier molecular flexibility index (Phi) is 5.98. The van der Waals surface area contributed by atoms with Crippen LogP contribution < -0.4 is 20.7 Å². The summed E-state index contributed by atoms with van der Waals surface area (Å²) in [4.78, 5) is 13.1. The van der Waals surface area contributed by atoms with Crippen molar-refractivity contribution < 1.29 is 9.53 Å². The molecule has 0 unspecified atom stereocenters. The smallest absolute Gasteiger partial charge is 0.255 e. The van der Waals surface area contributed by atoms with Crippen LogP contribution in [0, 0.1) is 0 Å². The number of ether oxygens (including phenoxy) is 1. The molecule has 0 fully saturated rings. The largest absolute Gasteiger partial charge is 0.492 e. The molecule has 5 nitrogen and oxygen atoms in total. The Labute approximate surface area is 168 Å². The molecule has 2 aromatic rings. The van der Waals surface area contributed by atoms with Crippen molar-refractivity contribution in [2.45, 2.75) is 19.9 Å². The number of allylic oxidation sites excluding steroid dienone is 1. The average molecular weight is 402 g/mol. The van der Waals surface area contributed by atoms with Crippen molar-refractivity contribution in [3.63, 3.8) is 0 Å². The minimum atomic E-state index is -0.379. The van der Waals surface area contributed by atoms with E-state index in [-0.39, 0.29) is 11.9 Å². The van der Waals surface area contributed by atoms with Crippen LogP contribution in [0.2, 0.25) is 5.02 Å². The van der Waals surface area contributed by atoms with Gasteiger partial charge in [0, 0.05) is 10.7 Å². The van der Waals surface area contributed by atoms with Gasteiger partial charge in [0.1, 0.15) is 5.75 Å². The molecule has 7 heteroatoms. The van der Waals surface area contributed by atoms with E-state index in [9.17, 15) is 4.79 Å². The maximum atomic E-state index is 13.1. The topological polar surface area (TPSA) is 62.4 Å². The normalized spacial score (nSPS) is 16.4. The van der Waals surface area contributed by atoms with E-state index in [1.54, 1.807) is 12.1 Å². The summed E-state index contributed by atoms with van der Waals surface area (Å²) in [6.07, 6.45) is 0. The molecule has 1 amide bonds.